The van der Waals surface area contributed by atoms with Crippen molar-refractivity contribution in [2.24, 2.45) is 11.3 Å². The van der Waals surface area contributed by atoms with Gasteiger partial charge in [0.15, 0.2) is 11.2 Å². The van der Waals surface area contributed by atoms with Crippen molar-refractivity contribution < 1.29 is 19.1 Å². The second kappa shape index (κ2) is 5.30. The van der Waals surface area contributed by atoms with Crippen LogP contribution in [-0.4, -0.2) is 31.3 Å². The number of nitrogens with one attached hydrogen (secondary N) is 1. The van der Waals surface area contributed by atoms with Crippen molar-refractivity contribution in [3.8, 4) is 0 Å². The van der Waals surface area contributed by atoms with Gasteiger partial charge < -0.3 is 10.1 Å². The molecule has 24 heavy (non-hydrogen) atoms. The third-order valence-corrected chi connectivity index (χ3v) is 5.64. The monoisotopic (exact) mass is 325 g/mol. The fraction of sp³-hybridized carbons (Fsp3) is 0.421. The summed E-state index contributed by atoms with van der Waals surface area (Å²) in [6, 6.07) is 7.91. The average molecular weight is 325 g/mol. The van der Waals surface area contributed by atoms with E-state index in [0.29, 0.717) is 18.5 Å². The lowest BCUT2D eigenvalue weighted by molar-refractivity contribution is -0.157. The van der Waals surface area contributed by atoms with E-state index in [9.17, 15) is 14.4 Å². The first-order valence-corrected chi connectivity index (χ1v) is 8.24. The van der Waals surface area contributed by atoms with Gasteiger partial charge in [0, 0.05) is 25.3 Å². The maximum absolute atomic E-state index is 12.7. The minimum absolute atomic E-state index is 0.0427. The molecule has 1 amide bonds. The first-order chi connectivity index (χ1) is 11.6. The molecule has 0 aromatic heterocycles. The Kier molecular flexibility index (Phi) is 3.34. The number of hydrogen-bond donors (Lipinski definition) is 1. The maximum Gasteiger partial charge on any atom is 0.322 e. The third-order valence-electron chi connectivity index (χ3n) is 5.64. The number of methoxy groups -OCH3 is 1. The minimum Gasteiger partial charge on any atom is -0.468 e. The van der Waals surface area contributed by atoms with Gasteiger partial charge in [0.2, 0.25) is 5.91 Å². The van der Waals surface area contributed by atoms with Crippen LogP contribution < -0.4 is 5.32 Å². The molecule has 2 bridgehead atoms. The van der Waals surface area contributed by atoms with Crippen molar-refractivity contribution in [3.05, 3.63) is 47.0 Å². The SMILES string of the molecule is COC(=O)C12CC3=C[C@H](CC3=O)Cc3ccccc3C1CNC2=O. The molecule has 1 fully saturated rings. The van der Waals surface area contributed by atoms with Crippen molar-refractivity contribution in [1.82, 2.24) is 5.32 Å². The highest BCUT2D eigenvalue weighted by Crippen LogP contribution is 2.49. The number of Topliss-reactive ketones (excluding diaryl/α,β-unsaturated/α-hetero) is 1. The zero-order valence-corrected chi connectivity index (χ0v) is 13.5. The van der Waals surface area contributed by atoms with Crippen LogP contribution in [0.2, 0.25) is 0 Å². The Morgan fingerprint density at radius 2 is 2.04 bits per heavy atom. The van der Waals surface area contributed by atoms with Crippen LogP contribution in [0.25, 0.3) is 0 Å². The molecular weight excluding hydrogens is 306 g/mol. The van der Waals surface area contributed by atoms with E-state index in [1.807, 2.05) is 30.3 Å². The van der Waals surface area contributed by atoms with Gasteiger partial charge in [0.1, 0.15) is 0 Å². The second-order valence-electron chi connectivity index (χ2n) is 6.88. The molecule has 3 atom stereocenters. The van der Waals surface area contributed by atoms with Crippen LogP contribution >= 0.6 is 0 Å². The Hall–Kier alpha value is -2.43. The summed E-state index contributed by atoms with van der Waals surface area (Å²) in [7, 11) is 1.30. The Bertz CT molecular complexity index is 781. The standard InChI is InChI=1S/C19H19NO4/c1-24-18(23)19-9-13-7-11(8-16(13)21)6-12-4-2-3-5-14(12)15(19)10-20-17(19)22/h2-5,7,11,15H,6,8-10H2,1H3,(H,20,22)/t11-,15?,19?/m1/s1. The number of carbonyl (C=O) groups is 3. The third kappa shape index (κ3) is 1.97. The summed E-state index contributed by atoms with van der Waals surface area (Å²) in [4.78, 5) is 37.9. The van der Waals surface area contributed by atoms with E-state index in [1.165, 1.54) is 7.11 Å². The van der Waals surface area contributed by atoms with Crippen LogP contribution in [-0.2, 0) is 25.5 Å². The molecule has 5 heteroatoms. The maximum atomic E-state index is 12.7. The topological polar surface area (TPSA) is 72.5 Å². The summed E-state index contributed by atoms with van der Waals surface area (Å²) in [6.07, 6.45) is 3.29. The Morgan fingerprint density at radius 3 is 2.83 bits per heavy atom. The van der Waals surface area contributed by atoms with Gasteiger partial charge in [-0.3, -0.25) is 14.4 Å². The zero-order chi connectivity index (χ0) is 16.9. The molecule has 4 rings (SSSR count). The smallest absolute Gasteiger partial charge is 0.322 e. The van der Waals surface area contributed by atoms with Crippen molar-refractivity contribution in [2.75, 3.05) is 13.7 Å². The number of carbonyl (C=O) groups excluding carboxylic acids is 3. The highest BCUT2D eigenvalue weighted by molar-refractivity contribution is 6.08. The van der Waals surface area contributed by atoms with E-state index in [0.717, 1.165) is 17.5 Å². The summed E-state index contributed by atoms with van der Waals surface area (Å²) in [5.74, 6) is -1.03. The molecule has 1 aromatic carbocycles. The Morgan fingerprint density at radius 1 is 1.25 bits per heavy atom. The molecule has 2 aliphatic carbocycles. The molecular formula is C19H19NO4. The second-order valence-corrected chi connectivity index (χ2v) is 6.88. The number of hydrogen-bond acceptors (Lipinski definition) is 4. The van der Waals surface area contributed by atoms with E-state index >= 15 is 0 Å². The van der Waals surface area contributed by atoms with E-state index in [2.05, 4.69) is 5.32 Å². The van der Waals surface area contributed by atoms with Gasteiger partial charge in [-0.1, -0.05) is 30.3 Å². The van der Waals surface area contributed by atoms with Crippen LogP contribution in [0.1, 0.15) is 29.9 Å². The molecule has 0 spiro atoms. The predicted octanol–water partition coefficient (Wildman–Crippen LogP) is 1.52. The number of esters is 1. The summed E-state index contributed by atoms with van der Waals surface area (Å²) in [5.41, 5.74) is 1.35. The number of fused-ring (bicyclic) bond motifs is 4. The van der Waals surface area contributed by atoms with Gasteiger partial charge >= 0.3 is 5.97 Å². The number of allylic oxidation sites excluding steroid dienone is 2. The molecule has 0 saturated carbocycles. The number of amides is 1. The summed E-state index contributed by atoms with van der Waals surface area (Å²) in [5, 5.41) is 2.83. The van der Waals surface area contributed by atoms with E-state index in [-0.39, 0.29) is 29.9 Å². The fourth-order valence-electron chi connectivity index (χ4n) is 4.49. The highest BCUT2D eigenvalue weighted by Gasteiger charge is 2.59. The number of ketones is 1. The number of ether oxygens (including phenoxy) is 1. The number of benzene rings is 1. The lowest BCUT2D eigenvalue weighted by atomic mass is 9.68. The molecule has 1 aromatic rings. The first kappa shape index (κ1) is 15.1. The molecule has 5 nitrogen and oxygen atoms in total. The van der Waals surface area contributed by atoms with E-state index < -0.39 is 11.4 Å². The largest absolute Gasteiger partial charge is 0.468 e. The van der Waals surface area contributed by atoms with Crippen LogP contribution in [0, 0.1) is 11.3 Å². The van der Waals surface area contributed by atoms with Crippen molar-refractivity contribution in [3.63, 3.8) is 0 Å². The van der Waals surface area contributed by atoms with E-state index in [1.54, 1.807) is 0 Å². The van der Waals surface area contributed by atoms with Crippen LogP contribution in [0.4, 0.5) is 0 Å². The number of rotatable bonds is 1. The van der Waals surface area contributed by atoms with Crippen molar-refractivity contribution in [1.29, 1.82) is 0 Å². The average Bonchev–Trinajstić information content (AvgIpc) is 3.10. The zero-order valence-electron chi connectivity index (χ0n) is 13.5. The lowest BCUT2D eigenvalue weighted by Gasteiger charge is -2.31. The van der Waals surface area contributed by atoms with Crippen LogP contribution in [0.5, 0.6) is 0 Å². The van der Waals surface area contributed by atoms with Crippen LogP contribution in [0.15, 0.2) is 35.9 Å². The lowest BCUT2D eigenvalue weighted by Crippen LogP contribution is -2.43. The summed E-state index contributed by atoms with van der Waals surface area (Å²) in [6.45, 7) is 0.386. The predicted molar refractivity (Wildman–Crippen MR) is 86.2 cm³/mol. The van der Waals surface area contributed by atoms with Gasteiger partial charge in [-0.25, -0.2) is 0 Å². The molecule has 124 valence electrons. The molecule has 1 aliphatic heterocycles. The van der Waals surface area contributed by atoms with Gasteiger partial charge in [-0.2, -0.15) is 0 Å². The molecule has 1 heterocycles. The summed E-state index contributed by atoms with van der Waals surface area (Å²) < 4.78 is 5.02. The summed E-state index contributed by atoms with van der Waals surface area (Å²) >= 11 is 0. The Balaban J connectivity index is 1.95. The minimum atomic E-state index is -1.36. The normalized spacial score (nSPS) is 31.1. The van der Waals surface area contributed by atoms with Gasteiger partial charge in [0.05, 0.1) is 7.11 Å². The molecule has 3 aliphatic rings. The molecule has 2 unspecified atom stereocenters. The van der Waals surface area contributed by atoms with Gasteiger partial charge in [-0.05, 0) is 29.0 Å². The van der Waals surface area contributed by atoms with Crippen molar-refractivity contribution in [2.45, 2.75) is 25.2 Å². The Labute approximate surface area is 140 Å². The highest BCUT2D eigenvalue weighted by atomic mass is 16.5. The molecule has 1 N–H and O–H groups in total. The van der Waals surface area contributed by atoms with E-state index in [4.69, 9.17) is 4.74 Å². The first-order valence-electron chi connectivity index (χ1n) is 8.24. The van der Waals surface area contributed by atoms with Crippen molar-refractivity contribution >= 4 is 17.7 Å². The van der Waals surface area contributed by atoms with Crippen LogP contribution in [0.3, 0.4) is 0 Å². The fourth-order valence-corrected chi connectivity index (χ4v) is 4.49. The molecule has 0 radical (unpaired) electrons. The van der Waals surface area contributed by atoms with Gasteiger partial charge in [-0.15, -0.1) is 0 Å². The molecule has 1 saturated heterocycles. The quantitative estimate of drug-likeness (QED) is 0.628. The van der Waals surface area contributed by atoms with Gasteiger partial charge in [0.25, 0.3) is 0 Å².